The lowest BCUT2D eigenvalue weighted by atomic mass is 10.2. The van der Waals surface area contributed by atoms with Crippen LogP contribution in [0.25, 0.3) is 0 Å². The van der Waals surface area contributed by atoms with Crippen LogP contribution in [0.4, 0.5) is 0 Å². The Bertz CT molecular complexity index is 802. The largest absolute Gasteiger partial charge is 0.423 e. The van der Waals surface area contributed by atoms with E-state index in [0.29, 0.717) is 22.2 Å². The number of nitrogens with zero attached hydrogens (tertiary/aromatic N) is 2. The maximum Gasteiger partial charge on any atom is 0.343 e. The number of hydrogen-bond donors (Lipinski definition) is 1. The van der Waals surface area contributed by atoms with Gasteiger partial charge in [-0.3, -0.25) is 4.79 Å². The fourth-order valence-corrected chi connectivity index (χ4v) is 2.52. The van der Waals surface area contributed by atoms with Crippen molar-refractivity contribution in [2.24, 2.45) is 10.2 Å². The fourth-order valence-electron chi connectivity index (χ4n) is 1.89. The highest BCUT2D eigenvalue weighted by Crippen LogP contribution is 2.14. The molecular formula is C17H13N3O3S. The zero-order valence-electron chi connectivity index (χ0n) is 12.5. The topological polar surface area (TPSA) is 80.1 Å². The summed E-state index contributed by atoms with van der Waals surface area (Å²) < 4.78 is 5.29. The highest BCUT2D eigenvalue weighted by molar-refractivity contribution is 8.15. The molecule has 2 aromatic carbocycles. The Morgan fingerprint density at radius 1 is 1.12 bits per heavy atom. The molecule has 0 unspecified atom stereocenters. The van der Waals surface area contributed by atoms with Gasteiger partial charge in [0.2, 0.25) is 5.91 Å². The zero-order chi connectivity index (χ0) is 16.8. The Labute approximate surface area is 142 Å². The van der Waals surface area contributed by atoms with Crippen molar-refractivity contribution in [1.82, 2.24) is 5.32 Å². The van der Waals surface area contributed by atoms with Crippen molar-refractivity contribution in [2.45, 2.75) is 0 Å². The molecule has 3 rings (SSSR count). The van der Waals surface area contributed by atoms with Crippen molar-refractivity contribution in [2.75, 3.05) is 5.75 Å². The average molecular weight is 339 g/mol. The molecule has 0 atom stereocenters. The van der Waals surface area contributed by atoms with E-state index in [4.69, 9.17) is 4.74 Å². The van der Waals surface area contributed by atoms with E-state index < -0.39 is 5.97 Å². The van der Waals surface area contributed by atoms with Gasteiger partial charge in [-0.15, -0.1) is 5.10 Å². The molecule has 0 saturated carbocycles. The van der Waals surface area contributed by atoms with Gasteiger partial charge >= 0.3 is 5.97 Å². The van der Waals surface area contributed by atoms with Crippen LogP contribution < -0.4 is 10.1 Å². The van der Waals surface area contributed by atoms with E-state index in [-0.39, 0.29) is 5.91 Å². The van der Waals surface area contributed by atoms with E-state index in [1.165, 1.54) is 11.8 Å². The van der Waals surface area contributed by atoms with E-state index >= 15 is 0 Å². The smallest absolute Gasteiger partial charge is 0.343 e. The van der Waals surface area contributed by atoms with Gasteiger partial charge < -0.3 is 10.1 Å². The van der Waals surface area contributed by atoms with Crippen LogP contribution in [-0.4, -0.2) is 29.0 Å². The third-order valence-corrected chi connectivity index (χ3v) is 3.91. The molecule has 6 nitrogen and oxygen atoms in total. The van der Waals surface area contributed by atoms with Crippen LogP contribution in [0.2, 0.25) is 0 Å². The number of nitrogens with one attached hydrogen (secondary N) is 1. The van der Waals surface area contributed by atoms with Crippen molar-refractivity contribution in [3.05, 3.63) is 65.7 Å². The van der Waals surface area contributed by atoms with E-state index in [2.05, 4.69) is 15.5 Å². The first-order valence-corrected chi connectivity index (χ1v) is 8.10. The lowest BCUT2D eigenvalue weighted by Crippen LogP contribution is -2.19. The first kappa shape index (κ1) is 15.9. The van der Waals surface area contributed by atoms with E-state index in [0.717, 1.165) is 5.56 Å². The molecule has 0 radical (unpaired) electrons. The summed E-state index contributed by atoms with van der Waals surface area (Å²) in [6, 6.07) is 15.7. The standard InChI is InChI=1S/C17H13N3O3S/c21-15-11-24-17(19-15)20-18-10-12-6-8-14(9-7-12)23-16(22)13-4-2-1-3-5-13/h1-10H,11H2,(H,19,20,21)/b18-10+. The normalized spacial score (nSPS) is 15.7. The summed E-state index contributed by atoms with van der Waals surface area (Å²) in [6.45, 7) is 0. The van der Waals surface area contributed by atoms with Crippen molar-refractivity contribution in [3.63, 3.8) is 0 Å². The van der Waals surface area contributed by atoms with Gasteiger partial charge in [-0.2, -0.15) is 5.10 Å². The molecule has 0 spiro atoms. The van der Waals surface area contributed by atoms with Gasteiger partial charge in [0, 0.05) is 0 Å². The lowest BCUT2D eigenvalue weighted by Gasteiger charge is -2.04. The summed E-state index contributed by atoms with van der Waals surface area (Å²) in [5, 5.41) is 10.9. The number of esters is 1. The number of amidine groups is 1. The van der Waals surface area contributed by atoms with Gasteiger partial charge in [-0.25, -0.2) is 4.79 Å². The number of ether oxygens (including phenoxy) is 1. The van der Waals surface area contributed by atoms with Gasteiger partial charge in [0.05, 0.1) is 17.5 Å². The number of rotatable bonds is 4. The second-order valence-corrected chi connectivity index (χ2v) is 5.78. The molecule has 0 aliphatic carbocycles. The molecule has 0 bridgehead atoms. The van der Waals surface area contributed by atoms with Crippen LogP contribution in [0.3, 0.4) is 0 Å². The molecule has 1 amide bonds. The Hall–Kier alpha value is -2.93. The van der Waals surface area contributed by atoms with Crippen LogP contribution in [0.1, 0.15) is 15.9 Å². The number of carbonyl (C=O) groups is 2. The Balaban J connectivity index is 1.59. The molecule has 2 aromatic rings. The average Bonchev–Trinajstić information content (AvgIpc) is 3.02. The van der Waals surface area contributed by atoms with Gasteiger partial charge in [0.1, 0.15) is 5.75 Å². The lowest BCUT2D eigenvalue weighted by molar-refractivity contribution is -0.116. The first-order valence-electron chi connectivity index (χ1n) is 7.12. The molecule has 7 heteroatoms. The molecule has 0 aromatic heterocycles. The molecule has 1 aliphatic heterocycles. The second-order valence-electron chi connectivity index (χ2n) is 4.81. The second kappa shape index (κ2) is 7.56. The van der Waals surface area contributed by atoms with Crippen molar-refractivity contribution < 1.29 is 14.3 Å². The minimum atomic E-state index is -0.405. The van der Waals surface area contributed by atoms with E-state index in [9.17, 15) is 9.59 Å². The maximum absolute atomic E-state index is 11.9. The van der Waals surface area contributed by atoms with Gasteiger partial charge in [0.25, 0.3) is 0 Å². The summed E-state index contributed by atoms with van der Waals surface area (Å²) in [5.74, 6) is 0.345. The maximum atomic E-state index is 11.9. The summed E-state index contributed by atoms with van der Waals surface area (Å²) in [4.78, 5) is 23.0. The summed E-state index contributed by atoms with van der Waals surface area (Å²) in [7, 11) is 0. The van der Waals surface area contributed by atoms with Crippen molar-refractivity contribution >= 4 is 35.0 Å². The number of thioether (sulfide) groups is 1. The first-order chi connectivity index (χ1) is 11.7. The van der Waals surface area contributed by atoms with Crippen LogP contribution in [-0.2, 0) is 4.79 Å². The summed E-state index contributed by atoms with van der Waals surface area (Å²) >= 11 is 1.31. The Kier molecular flexibility index (Phi) is 5.02. The number of carbonyl (C=O) groups excluding carboxylic acids is 2. The van der Waals surface area contributed by atoms with Crippen LogP contribution in [0.5, 0.6) is 5.75 Å². The van der Waals surface area contributed by atoms with Crippen LogP contribution in [0.15, 0.2) is 64.8 Å². The predicted octanol–water partition coefficient (Wildman–Crippen LogP) is 2.46. The highest BCUT2D eigenvalue weighted by atomic mass is 32.2. The minimum absolute atomic E-state index is 0.0708. The molecule has 1 heterocycles. The van der Waals surface area contributed by atoms with Crippen LogP contribution in [0, 0.1) is 0 Å². The molecule has 1 saturated heterocycles. The Morgan fingerprint density at radius 2 is 1.88 bits per heavy atom. The highest BCUT2D eigenvalue weighted by Gasteiger charge is 2.15. The number of benzene rings is 2. The van der Waals surface area contributed by atoms with Gasteiger partial charge in [0.15, 0.2) is 5.17 Å². The van der Waals surface area contributed by atoms with E-state index in [1.54, 1.807) is 54.7 Å². The molecule has 120 valence electrons. The third-order valence-electron chi connectivity index (χ3n) is 3.04. The quantitative estimate of drug-likeness (QED) is 0.402. The Morgan fingerprint density at radius 3 is 2.54 bits per heavy atom. The fraction of sp³-hybridized carbons (Fsp3) is 0.0588. The molecular weight excluding hydrogens is 326 g/mol. The van der Waals surface area contributed by atoms with Crippen LogP contribution >= 0.6 is 11.8 Å². The van der Waals surface area contributed by atoms with Crippen molar-refractivity contribution in [1.29, 1.82) is 0 Å². The summed E-state index contributed by atoms with van der Waals surface area (Å²) in [5.41, 5.74) is 1.29. The third kappa shape index (κ3) is 4.30. The molecule has 1 aliphatic rings. The van der Waals surface area contributed by atoms with Crippen molar-refractivity contribution in [3.8, 4) is 5.75 Å². The molecule has 1 N–H and O–H groups in total. The number of hydrogen-bond acceptors (Lipinski definition) is 6. The number of amides is 1. The summed E-state index contributed by atoms with van der Waals surface area (Å²) in [6.07, 6.45) is 1.56. The van der Waals surface area contributed by atoms with E-state index in [1.807, 2.05) is 6.07 Å². The monoisotopic (exact) mass is 339 g/mol. The minimum Gasteiger partial charge on any atom is -0.423 e. The van der Waals surface area contributed by atoms with Gasteiger partial charge in [-0.05, 0) is 42.0 Å². The van der Waals surface area contributed by atoms with Gasteiger partial charge in [-0.1, -0.05) is 30.0 Å². The molecule has 1 fully saturated rings. The molecule has 24 heavy (non-hydrogen) atoms. The predicted molar refractivity (Wildman–Crippen MR) is 93.5 cm³/mol. The SMILES string of the molecule is O=C1CS/C(=N/N=C/c2ccc(OC(=O)c3ccccc3)cc2)N1. The zero-order valence-corrected chi connectivity index (χ0v) is 13.3.